The molecule has 0 aliphatic heterocycles. The first-order valence-electron chi connectivity index (χ1n) is 5.09. The molecule has 4 heteroatoms. The zero-order valence-electron chi connectivity index (χ0n) is 8.16. The Kier molecular flexibility index (Phi) is 2.25. The number of hydrogen-bond donors (Lipinski definition) is 1. The van der Waals surface area contributed by atoms with Crippen LogP contribution in [-0.2, 0) is 6.54 Å². The van der Waals surface area contributed by atoms with Crippen LogP contribution >= 0.6 is 15.9 Å². The molecule has 0 spiro atoms. The second-order valence-corrected chi connectivity index (χ2v) is 4.79. The van der Waals surface area contributed by atoms with E-state index in [1.807, 2.05) is 18.2 Å². The van der Waals surface area contributed by atoms with Gasteiger partial charge in [0.1, 0.15) is 5.52 Å². The van der Waals surface area contributed by atoms with E-state index in [0.717, 1.165) is 28.0 Å². The van der Waals surface area contributed by atoms with Crippen LogP contribution in [0.15, 0.2) is 27.1 Å². The summed E-state index contributed by atoms with van der Waals surface area (Å²) >= 11 is 3.42. The van der Waals surface area contributed by atoms with E-state index in [9.17, 15) is 0 Å². The highest BCUT2D eigenvalue weighted by molar-refractivity contribution is 9.10. The Labute approximate surface area is 96.0 Å². The summed E-state index contributed by atoms with van der Waals surface area (Å²) < 4.78 is 6.64. The van der Waals surface area contributed by atoms with Crippen molar-refractivity contribution in [2.24, 2.45) is 0 Å². The normalized spacial score (nSPS) is 16.1. The second-order valence-electron chi connectivity index (χ2n) is 3.87. The van der Waals surface area contributed by atoms with Crippen LogP contribution in [0.25, 0.3) is 11.1 Å². The smallest absolute Gasteiger partial charge is 0.209 e. The molecular weight excluding hydrogens is 256 g/mol. The maximum absolute atomic E-state index is 5.61. The molecule has 2 aromatic rings. The molecule has 0 saturated heterocycles. The number of rotatable bonds is 3. The van der Waals surface area contributed by atoms with Crippen molar-refractivity contribution in [3.63, 3.8) is 0 Å². The monoisotopic (exact) mass is 266 g/mol. The summed E-state index contributed by atoms with van der Waals surface area (Å²) in [5, 5.41) is 3.38. The molecule has 0 bridgehead atoms. The van der Waals surface area contributed by atoms with E-state index in [1.165, 1.54) is 12.8 Å². The van der Waals surface area contributed by atoms with Crippen molar-refractivity contribution in [1.29, 1.82) is 0 Å². The highest BCUT2D eigenvalue weighted by Crippen LogP contribution is 2.22. The summed E-state index contributed by atoms with van der Waals surface area (Å²) in [4.78, 5) is 4.41. The number of nitrogens with one attached hydrogen (secondary N) is 1. The molecule has 1 aromatic heterocycles. The minimum Gasteiger partial charge on any atom is -0.439 e. The van der Waals surface area contributed by atoms with Gasteiger partial charge in [0, 0.05) is 10.5 Å². The maximum Gasteiger partial charge on any atom is 0.209 e. The highest BCUT2D eigenvalue weighted by atomic mass is 79.9. The fraction of sp³-hybridized carbons (Fsp3) is 0.364. The Bertz CT molecular complexity index is 490. The number of hydrogen-bond acceptors (Lipinski definition) is 3. The Morgan fingerprint density at radius 3 is 3.13 bits per heavy atom. The summed E-state index contributed by atoms with van der Waals surface area (Å²) in [6, 6.07) is 6.56. The minimum atomic E-state index is 0.687. The number of benzene rings is 1. The first-order chi connectivity index (χ1) is 7.31. The fourth-order valence-electron chi connectivity index (χ4n) is 1.54. The lowest BCUT2D eigenvalue weighted by Gasteiger charge is -1.95. The van der Waals surface area contributed by atoms with Gasteiger partial charge >= 0.3 is 0 Å². The van der Waals surface area contributed by atoms with Gasteiger partial charge in [-0.25, -0.2) is 4.98 Å². The summed E-state index contributed by atoms with van der Waals surface area (Å²) in [7, 11) is 0. The van der Waals surface area contributed by atoms with Gasteiger partial charge in [0.25, 0.3) is 0 Å². The highest BCUT2D eigenvalue weighted by Gasteiger charge is 2.20. The van der Waals surface area contributed by atoms with Gasteiger partial charge in [-0.2, -0.15) is 0 Å². The van der Waals surface area contributed by atoms with Gasteiger partial charge < -0.3 is 9.73 Å². The van der Waals surface area contributed by atoms with E-state index in [0.29, 0.717) is 6.04 Å². The van der Waals surface area contributed by atoms with Crippen LogP contribution < -0.4 is 5.32 Å². The topological polar surface area (TPSA) is 38.1 Å². The third kappa shape index (κ3) is 2.06. The van der Waals surface area contributed by atoms with Gasteiger partial charge in [0.05, 0.1) is 6.54 Å². The zero-order valence-corrected chi connectivity index (χ0v) is 9.75. The van der Waals surface area contributed by atoms with Gasteiger partial charge in [-0.1, -0.05) is 15.9 Å². The SMILES string of the molecule is Brc1ccc2oc(CNC3CC3)nc2c1. The van der Waals surface area contributed by atoms with Crippen LogP contribution in [0, 0.1) is 0 Å². The van der Waals surface area contributed by atoms with Gasteiger partial charge in [0.2, 0.25) is 5.89 Å². The Morgan fingerprint density at radius 2 is 2.33 bits per heavy atom. The number of aromatic nitrogens is 1. The lowest BCUT2D eigenvalue weighted by atomic mass is 10.3. The molecular formula is C11H11BrN2O. The quantitative estimate of drug-likeness (QED) is 0.929. The van der Waals surface area contributed by atoms with E-state index in [4.69, 9.17) is 4.42 Å². The minimum absolute atomic E-state index is 0.687. The molecule has 1 aliphatic carbocycles. The van der Waals surface area contributed by atoms with Crippen LogP contribution in [-0.4, -0.2) is 11.0 Å². The molecule has 1 N–H and O–H groups in total. The van der Waals surface area contributed by atoms with E-state index in [1.54, 1.807) is 0 Å². The van der Waals surface area contributed by atoms with Crippen molar-refractivity contribution in [3.8, 4) is 0 Å². The predicted octanol–water partition coefficient (Wildman–Crippen LogP) is 2.84. The molecule has 0 atom stereocenters. The van der Waals surface area contributed by atoms with Crippen molar-refractivity contribution in [3.05, 3.63) is 28.6 Å². The molecule has 78 valence electrons. The molecule has 0 radical (unpaired) electrons. The van der Waals surface area contributed by atoms with Crippen LogP contribution in [0.4, 0.5) is 0 Å². The molecule has 0 amide bonds. The average Bonchev–Trinajstić information content (AvgIpc) is 2.95. The third-order valence-electron chi connectivity index (χ3n) is 2.51. The zero-order chi connectivity index (χ0) is 10.3. The number of nitrogens with zero attached hydrogens (tertiary/aromatic N) is 1. The van der Waals surface area contributed by atoms with Crippen molar-refractivity contribution < 1.29 is 4.42 Å². The molecule has 1 heterocycles. The summed E-state index contributed by atoms with van der Waals surface area (Å²) in [5.41, 5.74) is 1.77. The summed E-state index contributed by atoms with van der Waals surface area (Å²) in [5.74, 6) is 0.773. The largest absolute Gasteiger partial charge is 0.439 e. The molecule has 3 nitrogen and oxygen atoms in total. The van der Waals surface area contributed by atoms with Crippen LogP contribution in [0.5, 0.6) is 0 Å². The number of fused-ring (bicyclic) bond motifs is 1. The van der Waals surface area contributed by atoms with Crippen molar-refractivity contribution >= 4 is 27.0 Å². The third-order valence-corrected chi connectivity index (χ3v) is 3.01. The predicted molar refractivity (Wildman–Crippen MR) is 61.6 cm³/mol. The lowest BCUT2D eigenvalue weighted by Crippen LogP contribution is -2.15. The van der Waals surface area contributed by atoms with Crippen molar-refractivity contribution in [1.82, 2.24) is 10.3 Å². The van der Waals surface area contributed by atoms with Crippen LogP contribution in [0.2, 0.25) is 0 Å². The molecule has 15 heavy (non-hydrogen) atoms. The Morgan fingerprint density at radius 1 is 1.47 bits per heavy atom. The van der Waals surface area contributed by atoms with E-state index >= 15 is 0 Å². The summed E-state index contributed by atoms with van der Waals surface area (Å²) in [6.45, 7) is 0.733. The van der Waals surface area contributed by atoms with Crippen LogP contribution in [0.1, 0.15) is 18.7 Å². The number of oxazole rings is 1. The number of halogens is 1. The first-order valence-corrected chi connectivity index (χ1v) is 5.89. The van der Waals surface area contributed by atoms with Gasteiger partial charge in [0.15, 0.2) is 5.58 Å². The van der Waals surface area contributed by atoms with Crippen LogP contribution in [0.3, 0.4) is 0 Å². The molecule has 1 aliphatic rings. The molecule has 0 unspecified atom stereocenters. The van der Waals surface area contributed by atoms with Gasteiger partial charge in [-0.05, 0) is 31.0 Å². The van der Waals surface area contributed by atoms with E-state index in [2.05, 4.69) is 26.2 Å². The average molecular weight is 267 g/mol. The summed E-state index contributed by atoms with van der Waals surface area (Å²) in [6.07, 6.45) is 2.57. The second kappa shape index (κ2) is 3.61. The van der Waals surface area contributed by atoms with Gasteiger partial charge in [-0.15, -0.1) is 0 Å². The molecule has 1 aromatic carbocycles. The van der Waals surface area contributed by atoms with Crippen molar-refractivity contribution in [2.75, 3.05) is 0 Å². The molecule has 3 rings (SSSR count). The van der Waals surface area contributed by atoms with Crippen molar-refractivity contribution in [2.45, 2.75) is 25.4 Å². The Hall–Kier alpha value is -0.870. The first kappa shape index (κ1) is 9.36. The molecule has 1 saturated carbocycles. The lowest BCUT2D eigenvalue weighted by molar-refractivity contribution is 0.494. The van der Waals surface area contributed by atoms with E-state index < -0.39 is 0 Å². The maximum atomic E-state index is 5.61. The standard InChI is InChI=1S/C11H11BrN2O/c12-7-1-4-10-9(5-7)14-11(15-10)6-13-8-2-3-8/h1,4-5,8,13H,2-3,6H2. The van der Waals surface area contributed by atoms with Gasteiger partial charge in [-0.3, -0.25) is 0 Å². The van der Waals surface area contributed by atoms with E-state index in [-0.39, 0.29) is 0 Å². The molecule has 1 fully saturated rings. The Balaban J connectivity index is 1.84. The fourth-order valence-corrected chi connectivity index (χ4v) is 1.89.